The summed E-state index contributed by atoms with van der Waals surface area (Å²) in [6, 6.07) is 0. The summed E-state index contributed by atoms with van der Waals surface area (Å²) in [7, 11) is 0. The molecule has 0 aliphatic carbocycles. The third-order valence-corrected chi connectivity index (χ3v) is 4.97. The minimum absolute atomic E-state index is 0.0323. The summed E-state index contributed by atoms with van der Waals surface area (Å²) in [5.41, 5.74) is 0.977. The summed E-state index contributed by atoms with van der Waals surface area (Å²) in [6.07, 6.45) is 2.62. The Morgan fingerprint density at radius 3 is 2.90 bits per heavy atom. The molecule has 20 heavy (non-hydrogen) atoms. The van der Waals surface area contributed by atoms with Gasteiger partial charge in [-0.25, -0.2) is 0 Å². The number of nitrogens with zero attached hydrogens (tertiary/aromatic N) is 1. The molecule has 6 heteroatoms. The SMILES string of the molecule is Cc1sc(=O)n(CCC(=O)NCCC2CCNC2)c1C. The molecule has 0 spiro atoms. The van der Waals surface area contributed by atoms with Crippen LogP contribution in [0.15, 0.2) is 4.79 Å². The Morgan fingerprint density at radius 1 is 1.50 bits per heavy atom. The standard InChI is InChI=1S/C14H23N3O2S/c1-10-11(2)20-14(19)17(10)8-5-13(18)16-7-4-12-3-6-15-9-12/h12,15H,3-9H2,1-2H3,(H,16,18). The molecule has 1 aromatic rings. The van der Waals surface area contributed by atoms with Gasteiger partial charge in [0.15, 0.2) is 0 Å². The fraction of sp³-hybridized carbons (Fsp3) is 0.714. The maximum Gasteiger partial charge on any atom is 0.307 e. The monoisotopic (exact) mass is 297 g/mol. The van der Waals surface area contributed by atoms with Gasteiger partial charge in [-0.15, -0.1) is 0 Å². The number of thiazole rings is 1. The molecule has 2 heterocycles. The molecule has 0 bridgehead atoms. The zero-order chi connectivity index (χ0) is 14.5. The molecule has 1 amide bonds. The number of carbonyl (C=O) groups excluding carboxylic acids is 1. The van der Waals surface area contributed by atoms with E-state index in [9.17, 15) is 9.59 Å². The van der Waals surface area contributed by atoms with E-state index in [-0.39, 0.29) is 10.8 Å². The molecule has 2 rings (SSSR count). The van der Waals surface area contributed by atoms with Crippen molar-refractivity contribution in [2.24, 2.45) is 5.92 Å². The largest absolute Gasteiger partial charge is 0.356 e. The lowest BCUT2D eigenvalue weighted by Crippen LogP contribution is -2.28. The molecule has 1 fully saturated rings. The molecule has 1 unspecified atom stereocenters. The van der Waals surface area contributed by atoms with Crippen molar-refractivity contribution >= 4 is 17.2 Å². The number of aromatic nitrogens is 1. The van der Waals surface area contributed by atoms with Gasteiger partial charge in [-0.2, -0.15) is 0 Å². The van der Waals surface area contributed by atoms with Crippen molar-refractivity contribution in [2.45, 2.75) is 39.7 Å². The maximum atomic E-state index is 11.8. The van der Waals surface area contributed by atoms with Gasteiger partial charge < -0.3 is 15.2 Å². The second kappa shape index (κ2) is 7.04. The number of hydrogen-bond acceptors (Lipinski definition) is 4. The van der Waals surface area contributed by atoms with Crippen LogP contribution in [-0.4, -0.2) is 30.1 Å². The van der Waals surface area contributed by atoms with Crippen LogP contribution in [0.4, 0.5) is 0 Å². The molecule has 112 valence electrons. The first kappa shape index (κ1) is 15.3. The molecule has 1 saturated heterocycles. The molecule has 5 nitrogen and oxygen atoms in total. The Kier molecular flexibility index (Phi) is 5.37. The summed E-state index contributed by atoms with van der Waals surface area (Å²) in [5, 5.41) is 6.27. The van der Waals surface area contributed by atoms with Gasteiger partial charge in [0, 0.05) is 30.1 Å². The van der Waals surface area contributed by atoms with E-state index in [0.717, 1.165) is 36.6 Å². The number of hydrogen-bond donors (Lipinski definition) is 2. The predicted octanol–water partition coefficient (Wildman–Crippen LogP) is 1.03. The van der Waals surface area contributed by atoms with Gasteiger partial charge >= 0.3 is 4.87 Å². The number of nitrogens with one attached hydrogen (secondary N) is 2. The first-order valence-electron chi connectivity index (χ1n) is 7.22. The van der Waals surface area contributed by atoms with Gasteiger partial charge in [-0.3, -0.25) is 9.59 Å². The quantitative estimate of drug-likeness (QED) is 0.824. The van der Waals surface area contributed by atoms with E-state index in [1.807, 2.05) is 13.8 Å². The minimum atomic E-state index is 0.0323. The maximum absolute atomic E-state index is 11.8. The molecular formula is C14H23N3O2S. The highest BCUT2D eigenvalue weighted by atomic mass is 32.1. The molecule has 1 aromatic heterocycles. The van der Waals surface area contributed by atoms with Crippen LogP contribution >= 0.6 is 11.3 Å². The van der Waals surface area contributed by atoms with Crippen LogP contribution in [0.25, 0.3) is 0 Å². The molecule has 2 N–H and O–H groups in total. The van der Waals surface area contributed by atoms with Crippen LogP contribution < -0.4 is 15.5 Å². The first-order valence-corrected chi connectivity index (χ1v) is 8.04. The highest BCUT2D eigenvalue weighted by Crippen LogP contribution is 2.11. The van der Waals surface area contributed by atoms with Crippen molar-refractivity contribution in [3.63, 3.8) is 0 Å². The van der Waals surface area contributed by atoms with Crippen molar-refractivity contribution in [3.8, 4) is 0 Å². The second-order valence-corrected chi connectivity index (χ2v) is 6.57. The minimum Gasteiger partial charge on any atom is -0.356 e. The van der Waals surface area contributed by atoms with Crippen molar-refractivity contribution < 1.29 is 4.79 Å². The van der Waals surface area contributed by atoms with Crippen molar-refractivity contribution in [3.05, 3.63) is 20.2 Å². The van der Waals surface area contributed by atoms with Gasteiger partial charge in [0.05, 0.1) is 0 Å². The van der Waals surface area contributed by atoms with Gasteiger partial charge in [0.1, 0.15) is 0 Å². The number of carbonyl (C=O) groups is 1. The molecule has 0 aromatic carbocycles. The normalized spacial score (nSPS) is 18.4. The third-order valence-electron chi connectivity index (χ3n) is 3.97. The Bertz CT molecular complexity index is 515. The molecule has 1 aliphatic rings. The zero-order valence-electron chi connectivity index (χ0n) is 12.2. The Morgan fingerprint density at radius 2 is 2.30 bits per heavy atom. The van der Waals surface area contributed by atoms with Crippen molar-refractivity contribution in [1.29, 1.82) is 0 Å². The Hall–Kier alpha value is -1.14. The lowest BCUT2D eigenvalue weighted by Gasteiger charge is -2.10. The number of rotatable bonds is 6. The predicted molar refractivity (Wildman–Crippen MR) is 81.3 cm³/mol. The highest BCUT2D eigenvalue weighted by Gasteiger charge is 2.14. The molecule has 1 atom stereocenters. The summed E-state index contributed by atoms with van der Waals surface area (Å²) >= 11 is 1.25. The van der Waals surface area contributed by atoms with Gasteiger partial charge in [-0.1, -0.05) is 11.3 Å². The van der Waals surface area contributed by atoms with Crippen LogP contribution in [-0.2, 0) is 11.3 Å². The van der Waals surface area contributed by atoms with Gasteiger partial charge in [0.25, 0.3) is 0 Å². The first-order chi connectivity index (χ1) is 9.58. The van der Waals surface area contributed by atoms with E-state index >= 15 is 0 Å². The lowest BCUT2D eigenvalue weighted by atomic mass is 10.1. The average molecular weight is 297 g/mol. The van der Waals surface area contributed by atoms with Gasteiger partial charge in [0.2, 0.25) is 5.91 Å². The highest BCUT2D eigenvalue weighted by molar-refractivity contribution is 7.09. The number of amides is 1. The van der Waals surface area contributed by atoms with E-state index in [1.54, 1.807) is 4.57 Å². The van der Waals surface area contributed by atoms with E-state index in [4.69, 9.17) is 0 Å². The zero-order valence-corrected chi connectivity index (χ0v) is 13.0. The van der Waals surface area contributed by atoms with Gasteiger partial charge in [-0.05, 0) is 45.7 Å². The summed E-state index contributed by atoms with van der Waals surface area (Å²) < 4.78 is 1.69. The van der Waals surface area contributed by atoms with Crippen LogP contribution in [0.3, 0.4) is 0 Å². The summed E-state index contributed by atoms with van der Waals surface area (Å²) in [4.78, 5) is 24.5. The number of aryl methyl sites for hydroxylation is 1. The topological polar surface area (TPSA) is 63.1 Å². The van der Waals surface area contributed by atoms with E-state index in [2.05, 4.69) is 10.6 Å². The molecule has 0 radical (unpaired) electrons. The smallest absolute Gasteiger partial charge is 0.307 e. The molecular weight excluding hydrogens is 274 g/mol. The Labute approximate surface area is 123 Å². The van der Waals surface area contributed by atoms with Crippen LogP contribution in [0.5, 0.6) is 0 Å². The van der Waals surface area contributed by atoms with Crippen LogP contribution in [0, 0.1) is 19.8 Å². The average Bonchev–Trinajstić information content (AvgIpc) is 2.98. The van der Waals surface area contributed by atoms with E-state index in [1.165, 1.54) is 17.8 Å². The van der Waals surface area contributed by atoms with Crippen molar-refractivity contribution in [2.75, 3.05) is 19.6 Å². The summed E-state index contributed by atoms with van der Waals surface area (Å²) in [6.45, 7) is 7.25. The van der Waals surface area contributed by atoms with Crippen LogP contribution in [0.2, 0.25) is 0 Å². The Balaban J connectivity index is 1.70. The fourth-order valence-corrected chi connectivity index (χ4v) is 3.38. The van der Waals surface area contributed by atoms with E-state index in [0.29, 0.717) is 18.9 Å². The van der Waals surface area contributed by atoms with Crippen LogP contribution in [0.1, 0.15) is 29.8 Å². The summed E-state index contributed by atoms with van der Waals surface area (Å²) in [5.74, 6) is 0.728. The second-order valence-electron chi connectivity index (χ2n) is 5.41. The third kappa shape index (κ3) is 3.93. The molecule has 0 saturated carbocycles. The lowest BCUT2D eigenvalue weighted by molar-refractivity contribution is -0.121. The molecule has 1 aliphatic heterocycles. The van der Waals surface area contributed by atoms with Crippen molar-refractivity contribution in [1.82, 2.24) is 15.2 Å². The van der Waals surface area contributed by atoms with E-state index < -0.39 is 0 Å². The fourth-order valence-electron chi connectivity index (χ4n) is 2.52.